The minimum Gasteiger partial charge on any atom is -0.542 e. The predicted octanol–water partition coefficient (Wildman–Crippen LogP) is 1.30. The molecule has 2 aromatic rings. The first-order chi connectivity index (χ1) is 10.3. The Morgan fingerprint density at radius 3 is 2.95 bits per heavy atom. The third-order valence-electron chi connectivity index (χ3n) is 3.21. The van der Waals surface area contributed by atoms with Crippen LogP contribution in [0.15, 0.2) is 53.6 Å². The number of hydrogen-bond acceptors (Lipinski definition) is 4. The Morgan fingerprint density at radius 1 is 1.32 bits per heavy atom. The van der Waals surface area contributed by atoms with Gasteiger partial charge in [-0.25, -0.2) is 6.61 Å². The number of hydrogen-bond donors (Lipinski definition) is 0. The third kappa shape index (κ3) is 5.87. The number of benzene rings is 1. The molecule has 3 rings (SSSR count). The van der Waals surface area contributed by atoms with Gasteiger partial charge in [-0.1, -0.05) is 30.8 Å². The summed E-state index contributed by atoms with van der Waals surface area (Å²) in [6.45, 7) is 4.59. The van der Waals surface area contributed by atoms with Crippen LogP contribution in [0, 0.1) is 12.5 Å². The van der Waals surface area contributed by atoms with E-state index < -0.39 is 0 Å². The van der Waals surface area contributed by atoms with Crippen LogP contribution in [0.1, 0.15) is 19.0 Å². The zero-order valence-electron chi connectivity index (χ0n) is 12.9. The van der Waals surface area contributed by atoms with Crippen LogP contribution in [0.3, 0.4) is 0 Å². The molecule has 0 aliphatic carbocycles. The zero-order chi connectivity index (χ0) is 14.5. The largest absolute Gasteiger partial charge is 1.00 e. The first-order valence-corrected chi connectivity index (χ1v) is 7.96. The monoisotopic (exact) mass is 433 g/mol. The number of nitrogens with zero attached hydrogens (tertiary/aromatic N) is 1. The molecule has 0 N–H and O–H groups in total. The molecule has 1 aromatic carbocycles. The number of rotatable bonds is 5. The van der Waals surface area contributed by atoms with E-state index >= 15 is 0 Å². The van der Waals surface area contributed by atoms with Crippen LogP contribution in [0.5, 0.6) is 5.75 Å². The fourth-order valence-corrected chi connectivity index (χ4v) is 3.31. The minimum atomic E-state index is 0. The van der Waals surface area contributed by atoms with Gasteiger partial charge in [0, 0.05) is 11.1 Å². The van der Waals surface area contributed by atoms with Crippen LogP contribution in [0.4, 0.5) is 0 Å². The molecule has 3 nitrogen and oxygen atoms in total. The molecule has 1 aliphatic rings. The van der Waals surface area contributed by atoms with Crippen molar-refractivity contribution in [3.05, 3.63) is 61.0 Å². The Balaban J connectivity index is 0.00000176. The van der Waals surface area contributed by atoms with Crippen molar-refractivity contribution in [3.63, 3.8) is 0 Å². The van der Waals surface area contributed by atoms with Crippen molar-refractivity contribution in [1.82, 2.24) is 4.98 Å². The summed E-state index contributed by atoms with van der Waals surface area (Å²) in [7, 11) is 0. The van der Waals surface area contributed by atoms with E-state index in [0.29, 0.717) is 12.5 Å². The molecule has 2 atom stereocenters. The molecule has 2 heterocycles. The average Bonchev–Trinajstić information content (AvgIpc) is 2.92. The smallest absolute Gasteiger partial charge is 0.542 e. The number of pyridine rings is 1. The quantitative estimate of drug-likeness (QED) is 0.666. The topological polar surface area (TPSA) is 31.4 Å². The molecular formula is C17H18CsNO2S. The summed E-state index contributed by atoms with van der Waals surface area (Å²) < 4.78 is 11.4. The zero-order valence-corrected chi connectivity index (χ0v) is 20.0. The molecular weight excluding hydrogens is 415 g/mol. The fourth-order valence-electron chi connectivity index (χ4n) is 2.14. The van der Waals surface area contributed by atoms with E-state index in [9.17, 15) is 0 Å². The Hall–Kier alpha value is 0.532. The van der Waals surface area contributed by atoms with Crippen molar-refractivity contribution in [3.8, 4) is 5.75 Å². The molecule has 1 aliphatic heterocycles. The Bertz CT molecular complexity index is 582. The van der Waals surface area contributed by atoms with Crippen molar-refractivity contribution in [2.24, 2.45) is 5.92 Å². The van der Waals surface area contributed by atoms with Gasteiger partial charge in [-0.2, -0.15) is 0 Å². The van der Waals surface area contributed by atoms with Crippen LogP contribution >= 0.6 is 11.8 Å². The summed E-state index contributed by atoms with van der Waals surface area (Å²) in [4.78, 5) is 5.42. The Labute approximate surface area is 195 Å². The molecule has 0 bridgehead atoms. The van der Waals surface area contributed by atoms with Gasteiger partial charge in [-0.05, 0) is 36.8 Å². The molecule has 0 spiro atoms. The second-order valence-electron chi connectivity index (χ2n) is 5.12. The summed E-state index contributed by atoms with van der Waals surface area (Å²) in [5.74, 6) is 1.40. The Morgan fingerprint density at radius 2 is 2.23 bits per heavy atom. The molecule has 22 heavy (non-hydrogen) atoms. The van der Waals surface area contributed by atoms with Crippen molar-refractivity contribution >= 4 is 11.8 Å². The van der Waals surface area contributed by atoms with Gasteiger partial charge in [0.05, 0.1) is 11.1 Å². The summed E-state index contributed by atoms with van der Waals surface area (Å²) in [6, 6.07) is 14.0. The van der Waals surface area contributed by atoms with E-state index in [-0.39, 0.29) is 74.3 Å². The van der Waals surface area contributed by atoms with E-state index in [1.54, 1.807) is 18.0 Å². The molecule has 0 saturated carbocycles. The summed E-state index contributed by atoms with van der Waals surface area (Å²) in [5.41, 5.74) is 1.14. The summed E-state index contributed by atoms with van der Waals surface area (Å²) >= 11 is 1.74. The van der Waals surface area contributed by atoms with E-state index in [1.807, 2.05) is 36.9 Å². The van der Waals surface area contributed by atoms with Crippen LogP contribution in [0.2, 0.25) is 0 Å². The van der Waals surface area contributed by atoms with Gasteiger partial charge in [0.25, 0.3) is 0 Å². The van der Waals surface area contributed by atoms with Gasteiger partial charge >= 0.3 is 68.9 Å². The first-order valence-electron chi connectivity index (χ1n) is 7.08. The van der Waals surface area contributed by atoms with Gasteiger partial charge in [-0.3, -0.25) is 4.98 Å². The van der Waals surface area contributed by atoms with Crippen LogP contribution in [0.25, 0.3) is 0 Å². The standard InChI is InChI=1S/C17H18NO2S.Cs/c1-13-9-17(20-11-13)21-16-7-4-6-15(10-16)19-12-14-5-2-3-8-18-14;/h2-8,10-11,13,17H,9,12H2,1H3;/q-1;+1/t13-,17?;/m1./s1. The number of thioether (sulfide) groups is 1. The summed E-state index contributed by atoms with van der Waals surface area (Å²) in [6.07, 6.45) is 2.84. The molecule has 1 saturated heterocycles. The fraction of sp³-hybridized carbons (Fsp3) is 0.294. The van der Waals surface area contributed by atoms with Gasteiger partial charge in [0.15, 0.2) is 0 Å². The van der Waals surface area contributed by atoms with Crippen molar-refractivity contribution in [1.29, 1.82) is 0 Å². The number of ether oxygens (including phenoxy) is 2. The maximum absolute atomic E-state index is 5.79. The number of aromatic nitrogens is 1. The van der Waals surface area contributed by atoms with Crippen LogP contribution in [-0.4, -0.2) is 10.4 Å². The van der Waals surface area contributed by atoms with E-state index in [0.717, 1.165) is 17.9 Å². The molecule has 5 heteroatoms. The second-order valence-corrected chi connectivity index (χ2v) is 6.35. The normalized spacial score (nSPS) is 20.4. The molecule has 1 fully saturated rings. The Kier molecular flexibility index (Phi) is 8.35. The third-order valence-corrected chi connectivity index (χ3v) is 4.31. The van der Waals surface area contributed by atoms with Crippen molar-refractivity contribution < 1.29 is 78.4 Å². The van der Waals surface area contributed by atoms with Crippen molar-refractivity contribution in [2.45, 2.75) is 30.3 Å². The molecule has 0 radical (unpaired) electrons. The first kappa shape index (κ1) is 18.9. The maximum Gasteiger partial charge on any atom is 1.00 e. The molecule has 1 aromatic heterocycles. The van der Waals surface area contributed by atoms with Gasteiger partial charge in [0.2, 0.25) is 0 Å². The van der Waals surface area contributed by atoms with Crippen molar-refractivity contribution in [2.75, 3.05) is 0 Å². The minimum absolute atomic E-state index is 0. The molecule has 1 unspecified atom stereocenters. The van der Waals surface area contributed by atoms with E-state index in [1.165, 1.54) is 4.90 Å². The maximum atomic E-state index is 5.79. The van der Waals surface area contributed by atoms with E-state index in [2.05, 4.69) is 24.0 Å². The predicted molar refractivity (Wildman–Crippen MR) is 83.8 cm³/mol. The van der Waals surface area contributed by atoms with Crippen LogP contribution < -0.4 is 73.6 Å². The van der Waals surface area contributed by atoms with Crippen LogP contribution in [-0.2, 0) is 11.3 Å². The van der Waals surface area contributed by atoms with Gasteiger partial charge in [-0.15, -0.1) is 5.92 Å². The molecule has 110 valence electrons. The van der Waals surface area contributed by atoms with Gasteiger partial charge in [0.1, 0.15) is 12.4 Å². The second kappa shape index (κ2) is 9.74. The van der Waals surface area contributed by atoms with E-state index in [4.69, 9.17) is 9.47 Å². The SMILES string of the molecule is C[C@H]1[CH-]OC(Sc2cccc(OCc3ccccn3)c2)C1.[Cs+]. The summed E-state index contributed by atoms with van der Waals surface area (Å²) in [5, 5.41) is 0. The molecule has 0 amide bonds. The average molecular weight is 433 g/mol. The van der Waals surface area contributed by atoms with Gasteiger partial charge < -0.3 is 9.47 Å².